The number of thiazole rings is 1. The van der Waals surface area contributed by atoms with Crippen LogP contribution in [-0.2, 0) is 11.2 Å². The summed E-state index contributed by atoms with van der Waals surface area (Å²) in [7, 11) is 0. The van der Waals surface area contributed by atoms with Crippen LogP contribution in [-0.4, -0.2) is 15.9 Å². The quantitative estimate of drug-likeness (QED) is 0.315. The van der Waals surface area contributed by atoms with Crippen molar-refractivity contribution in [3.63, 3.8) is 0 Å². The Morgan fingerprint density at radius 1 is 1.00 bits per heavy atom. The van der Waals surface area contributed by atoms with Crippen molar-refractivity contribution in [3.8, 4) is 21.9 Å². The van der Waals surface area contributed by atoms with Gasteiger partial charge in [-0.2, -0.15) is 0 Å². The Morgan fingerprint density at radius 3 is 2.67 bits per heavy atom. The van der Waals surface area contributed by atoms with E-state index in [0.717, 1.165) is 32.9 Å². The molecule has 0 fully saturated rings. The van der Waals surface area contributed by atoms with Gasteiger partial charge in [0.2, 0.25) is 5.91 Å². The number of halogens is 2. The van der Waals surface area contributed by atoms with Crippen LogP contribution in [0.15, 0.2) is 77.3 Å². The Bertz CT molecular complexity index is 1430. The molecule has 3 aromatic carbocycles. The standard InChI is InChI=1S/C25H17F2N3O2S/c26-15-9-10-16(18(27)13-15)21-14-28-24(32-21)12-11-23(31)29-19-6-2-1-5-17(19)25-30-20-7-3-4-8-22(20)33-25/h1-10,13-14H,11-12H2,(H,29,31). The zero-order valence-electron chi connectivity index (χ0n) is 17.2. The first-order valence-electron chi connectivity index (χ1n) is 10.2. The average molecular weight is 461 g/mol. The fourth-order valence-corrected chi connectivity index (χ4v) is 4.44. The normalized spacial score (nSPS) is 11.1. The molecule has 164 valence electrons. The highest BCUT2D eigenvalue weighted by atomic mass is 32.1. The maximum atomic E-state index is 14.0. The molecule has 0 radical (unpaired) electrons. The van der Waals surface area contributed by atoms with E-state index in [1.165, 1.54) is 12.3 Å². The second-order valence-corrected chi connectivity index (χ2v) is 8.35. The van der Waals surface area contributed by atoms with Gasteiger partial charge in [0, 0.05) is 24.5 Å². The number of aromatic nitrogens is 2. The lowest BCUT2D eigenvalue weighted by Crippen LogP contribution is -2.13. The fourth-order valence-electron chi connectivity index (χ4n) is 3.44. The van der Waals surface area contributed by atoms with Crippen molar-refractivity contribution in [1.29, 1.82) is 0 Å². The SMILES string of the molecule is O=C(CCc1ncc(-c2ccc(F)cc2F)o1)Nc1ccccc1-c1nc2ccccc2s1. The summed E-state index contributed by atoms with van der Waals surface area (Å²) < 4.78 is 33.7. The van der Waals surface area contributed by atoms with E-state index >= 15 is 0 Å². The molecule has 2 aromatic heterocycles. The number of rotatable bonds is 6. The lowest BCUT2D eigenvalue weighted by atomic mass is 10.1. The van der Waals surface area contributed by atoms with Crippen LogP contribution in [0.2, 0.25) is 0 Å². The molecule has 33 heavy (non-hydrogen) atoms. The first-order valence-corrected chi connectivity index (χ1v) is 11.0. The van der Waals surface area contributed by atoms with Gasteiger partial charge in [0.1, 0.15) is 16.6 Å². The van der Waals surface area contributed by atoms with Gasteiger partial charge in [0.15, 0.2) is 11.7 Å². The van der Waals surface area contributed by atoms with Gasteiger partial charge in [-0.3, -0.25) is 4.79 Å². The Hall–Kier alpha value is -3.91. The molecule has 0 aliphatic rings. The van der Waals surface area contributed by atoms with Gasteiger partial charge >= 0.3 is 0 Å². The molecule has 5 nitrogen and oxygen atoms in total. The third-order valence-electron chi connectivity index (χ3n) is 5.04. The van der Waals surface area contributed by atoms with Gasteiger partial charge in [-0.15, -0.1) is 11.3 Å². The van der Waals surface area contributed by atoms with Gasteiger partial charge in [-0.05, 0) is 36.4 Å². The summed E-state index contributed by atoms with van der Waals surface area (Å²) in [6.45, 7) is 0. The minimum Gasteiger partial charge on any atom is -0.441 e. The van der Waals surface area contributed by atoms with Crippen molar-refractivity contribution in [2.45, 2.75) is 12.8 Å². The van der Waals surface area contributed by atoms with Crippen LogP contribution >= 0.6 is 11.3 Å². The van der Waals surface area contributed by atoms with Crippen LogP contribution < -0.4 is 5.32 Å². The highest BCUT2D eigenvalue weighted by molar-refractivity contribution is 7.21. The first-order chi connectivity index (χ1) is 16.1. The Balaban J connectivity index is 1.27. The monoisotopic (exact) mass is 461 g/mol. The van der Waals surface area contributed by atoms with Crippen LogP contribution in [0.1, 0.15) is 12.3 Å². The minimum absolute atomic E-state index is 0.115. The first kappa shape index (κ1) is 21.0. The number of anilines is 1. The number of nitrogens with zero attached hydrogens (tertiary/aromatic N) is 2. The van der Waals surface area contributed by atoms with E-state index < -0.39 is 11.6 Å². The predicted octanol–water partition coefficient (Wildman–Crippen LogP) is 6.47. The number of amides is 1. The van der Waals surface area contributed by atoms with Crippen molar-refractivity contribution in [3.05, 3.63) is 90.5 Å². The van der Waals surface area contributed by atoms with Crippen LogP contribution in [0, 0.1) is 11.6 Å². The maximum Gasteiger partial charge on any atom is 0.224 e. The summed E-state index contributed by atoms with van der Waals surface area (Å²) in [5.74, 6) is -1.13. The third kappa shape index (κ3) is 4.51. The Kier molecular flexibility index (Phi) is 5.66. The lowest BCUT2D eigenvalue weighted by molar-refractivity contribution is -0.116. The van der Waals surface area contributed by atoms with Gasteiger partial charge in [-0.25, -0.2) is 18.7 Å². The molecular formula is C25H17F2N3O2S. The van der Waals surface area contributed by atoms with E-state index in [2.05, 4.69) is 15.3 Å². The number of oxazole rings is 1. The molecule has 8 heteroatoms. The van der Waals surface area contributed by atoms with Crippen molar-refractivity contribution in [2.75, 3.05) is 5.32 Å². The number of para-hydroxylation sites is 2. The topological polar surface area (TPSA) is 68.0 Å². The molecule has 0 saturated carbocycles. The van der Waals surface area contributed by atoms with E-state index in [9.17, 15) is 13.6 Å². The predicted molar refractivity (Wildman–Crippen MR) is 124 cm³/mol. The molecule has 5 aromatic rings. The van der Waals surface area contributed by atoms with E-state index in [1.807, 2.05) is 48.5 Å². The summed E-state index contributed by atoms with van der Waals surface area (Å²) >= 11 is 1.56. The number of aryl methyl sites for hydroxylation is 1. The number of nitrogens with one attached hydrogen (secondary N) is 1. The Morgan fingerprint density at radius 2 is 1.82 bits per heavy atom. The highest BCUT2D eigenvalue weighted by Gasteiger charge is 2.15. The summed E-state index contributed by atoms with van der Waals surface area (Å²) in [6.07, 6.45) is 1.73. The third-order valence-corrected chi connectivity index (χ3v) is 6.11. The van der Waals surface area contributed by atoms with Crippen molar-refractivity contribution < 1.29 is 18.0 Å². The van der Waals surface area contributed by atoms with Crippen LogP contribution in [0.3, 0.4) is 0 Å². The van der Waals surface area contributed by atoms with E-state index in [1.54, 1.807) is 11.3 Å². The van der Waals surface area contributed by atoms with Crippen LogP contribution in [0.25, 0.3) is 32.1 Å². The number of benzene rings is 3. The molecule has 2 heterocycles. The summed E-state index contributed by atoms with van der Waals surface area (Å²) in [4.78, 5) is 21.4. The van der Waals surface area contributed by atoms with Crippen molar-refractivity contribution in [1.82, 2.24) is 9.97 Å². The molecule has 1 N–H and O–H groups in total. The summed E-state index contributed by atoms with van der Waals surface area (Å²) in [5.41, 5.74) is 2.54. The molecule has 0 bridgehead atoms. The van der Waals surface area contributed by atoms with Gasteiger partial charge < -0.3 is 9.73 Å². The van der Waals surface area contributed by atoms with Gasteiger partial charge in [0.05, 0.1) is 27.7 Å². The van der Waals surface area contributed by atoms with E-state index in [4.69, 9.17) is 4.42 Å². The smallest absolute Gasteiger partial charge is 0.224 e. The number of hydrogen-bond acceptors (Lipinski definition) is 5. The van der Waals surface area contributed by atoms with Crippen LogP contribution in [0.5, 0.6) is 0 Å². The zero-order valence-corrected chi connectivity index (χ0v) is 18.0. The molecule has 0 saturated heterocycles. The maximum absolute atomic E-state index is 14.0. The molecule has 5 rings (SSSR count). The van der Waals surface area contributed by atoms with Gasteiger partial charge in [-0.1, -0.05) is 24.3 Å². The highest BCUT2D eigenvalue weighted by Crippen LogP contribution is 2.34. The zero-order chi connectivity index (χ0) is 22.8. The second kappa shape index (κ2) is 8.91. The van der Waals surface area contributed by atoms with Crippen molar-refractivity contribution in [2.24, 2.45) is 0 Å². The fraction of sp³-hybridized carbons (Fsp3) is 0.0800. The lowest BCUT2D eigenvalue weighted by Gasteiger charge is -2.08. The van der Waals surface area contributed by atoms with Crippen molar-refractivity contribution >= 4 is 33.1 Å². The summed E-state index contributed by atoms with van der Waals surface area (Å²) in [5, 5.41) is 3.76. The number of fused-ring (bicyclic) bond motifs is 1. The molecule has 0 unspecified atom stereocenters. The molecular weight excluding hydrogens is 444 g/mol. The number of carbonyl (C=O) groups is 1. The number of carbonyl (C=O) groups excluding carboxylic acids is 1. The van der Waals surface area contributed by atoms with E-state index in [-0.39, 0.29) is 30.1 Å². The molecule has 0 aliphatic heterocycles. The second-order valence-electron chi connectivity index (χ2n) is 7.32. The number of hydrogen-bond donors (Lipinski definition) is 1. The molecule has 0 spiro atoms. The minimum atomic E-state index is -0.734. The molecule has 0 aliphatic carbocycles. The summed E-state index contributed by atoms with van der Waals surface area (Å²) in [6, 6.07) is 18.6. The average Bonchev–Trinajstić information content (AvgIpc) is 3.45. The Labute approximate surface area is 191 Å². The van der Waals surface area contributed by atoms with Gasteiger partial charge in [0.25, 0.3) is 0 Å². The largest absolute Gasteiger partial charge is 0.441 e. The van der Waals surface area contributed by atoms with E-state index in [0.29, 0.717) is 11.6 Å². The molecule has 0 atom stereocenters. The molecule has 1 amide bonds. The van der Waals surface area contributed by atoms with Crippen LogP contribution in [0.4, 0.5) is 14.5 Å².